The van der Waals surface area contributed by atoms with Crippen LogP contribution in [0.1, 0.15) is 11.1 Å². The van der Waals surface area contributed by atoms with Gasteiger partial charge in [-0.25, -0.2) is 9.13 Å². The van der Waals surface area contributed by atoms with Gasteiger partial charge in [-0.1, -0.05) is 48.5 Å². The fourth-order valence-corrected chi connectivity index (χ4v) is 3.40. The largest absolute Gasteiger partial charge is 0.416 e. The topological polar surface area (TPSA) is 37.9 Å². The van der Waals surface area contributed by atoms with Crippen molar-refractivity contribution in [2.24, 2.45) is 0 Å². The molecule has 1 heterocycles. The van der Waals surface area contributed by atoms with Gasteiger partial charge < -0.3 is 5.32 Å². The van der Waals surface area contributed by atoms with Crippen LogP contribution < -0.4 is 9.88 Å². The first kappa shape index (κ1) is 19.7. The predicted molar refractivity (Wildman–Crippen MR) is 108 cm³/mol. The Kier molecular flexibility index (Phi) is 5.27. The molecule has 0 unspecified atom stereocenters. The number of amides is 1. The molecule has 3 aromatic carbocycles. The Labute approximate surface area is 171 Å². The Morgan fingerprint density at radius 1 is 0.933 bits per heavy atom. The van der Waals surface area contributed by atoms with Crippen molar-refractivity contribution >= 4 is 22.6 Å². The summed E-state index contributed by atoms with van der Waals surface area (Å²) in [6.07, 6.45) is -2.61. The molecule has 0 atom stereocenters. The number of rotatable bonds is 5. The third-order valence-electron chi connectivity index (χ3n) is 4.76. The van der Waals surface area contributed by atoms with E-state index in [0.717, 1.165) is 28.7 Å². The molecule has 30 heavy (non-hydrogen) atoms. The normalized spacial score (nSPS) is 11.6. The van der Waals surface area contributed by atoms with E-state index in [-0.39, 0.29) is 12.2 Å². The Morgan fingerprint density at radius 3 is 2.43 bits per heavy atom. The average molecular weight is 410 g/mol. The lowest BCUT2D eigenvalue weighted by atomic mass is 10.2. The third-order valence-corrected chi connectivity index (χ3v) is 4.76. The molecule has 4 nitrogen and oxygen atoms in total. The van der Waals surface area contributed by atoms with Crippen LogP contribution in [0.25, 0.3) is 11.0 Å². The van der Waals surface area contributed by atoms with Gasteiger partial charge in [-0.05, 0) is 35.9 Å². The van der Waals surface area contributed by atoms with E-state index in [9.17, 15) is 18.0 Å². The summed E-state index contributed by atoms with van der Waals surface area (Å²) >= 11 is 0. The highest BCUT2D eigenvalue weighted by Crippen LogP contribution is 2.30. The zero-order valence-corrected chi connectivity index (χ0v) is 15.9. The van der Waals surface area contributed by atoms with Gasteiger partial charge in [0.25, 0.3) is 5.91 Å². The van der Waals surface area contributed by atoms with Crippen LogP contribution in [0.4, 0.5) is 18.9 Å². The number of fused-ring (bicyclic) bond motifs is 1. The highest BCUT2D eigenvalue weighted by atomic mass is 19.4. The van der Waals surface area contributed by atoms with Crippen LogP contribution in [0.15, 0.2) is 85.2 Å². The van der Waals surface area contributed by atoms with Gasteiger partial charge in [0.05, 0.1) is 5.56 Å². The van der Waals surface area contributed by atoms with Gasteiger partial charge >= 0.3 is 6.18 Å². The van der Waals surface area contributed by atoms with E-state index in [1.807, 2.05) is 65.5 Å². The van der Waals surface area contributed by atoms with E-state index < -0.39 is 17.6 Å². The molecule has 0 spiro atoms. The number of para-hydroxylation sites is 2. The number of anilines is 1. The Morgan fingerprint density at radius 2 is 1.67 bits per heavy atom. The minimum absolute atomic E-state index is 0.0153. The summed E-state index contributed by atoms with van der Waals surface area (Å²) in [7, 11) is 0. The number of hydrogen-bond donors (Lipinski definition) is 1. The number of carbonyl (C=O) groups excluding carboxylic acids is 1. The van der Waals surface area contributed by atoms with Gasteiger partial charge in [0.2, 0.25) is 6.33 Å². The monoisotopic (exact) mass is 410 g/mol. The maximum atomic E-state index is 12.9. The van der Waals surface area contributed by atoms with Crippen LogP contribution in [0.2, 0.25) is 0 Å². The number of nitrogens with one attached hydrogen (secondary N) is 1. The third kappa shape index (κ3) is 4.35. The second-order valence-electron chi connectivity index (χ2n) is 6.97. The second-order valence-corrected chi connectivity index (χ2v) is 6.97. The van der Waals surface area contributed by atoms with E-state index in [2.05, 4.69) is 5.32 Å². The summed E-state index contributed by atoms with van der Waals surface area (Å²) in [5.41, 5.74) is 2.27. The lowest BCUT2D eigenvalue weighted by Gasteiger charge is -2.09. The lowest BCUT2D eigenvalue weighted by molar-refractivity contribution is -0.663. The first-order valence-electron chi connectivity index (χ1n) is 9.38. The van der Waals surface area contributed by atoms with E-state index in [4.69, 9.17) is 0 Å². The van der Waals surface area contributed by atoms with Gasteiger partial charge in [0, 0.05) is 5.69 Å². The first-order valence-corrected chi connectivity index (χ1v) is 9.38. The smallest absolute Gasteiger partial charge is 0.323 e. The highest BCUT2D eigenvalue weighted by molar-refractivity contribution is 5.91. The molecule has 0 aliphatic carbocycles. The SMILES string of the molecule is O=C(Cn1c[n+](Cc2ccccc2)c2ccccc21)Nc1cccc(C(F)(F)F)c1. The van der Waals surface area contributed by atoms with Gasteiger partial charge in [0.1, 0.15) is 6.54 Å². The molecule has 0 saturated carbocycles. The zero-order valence-electron chi connectivity index (χ0n) is 15.9. The molecule has 0 fully saturated rings. The average Bonchev–Trinajstić information content (AvgIpc) is 3.05. The number of nitrogens with zero attached hydrogens (tertiary/aromatic N) is 2. The Bertz CT molecular complexity index is 1180. The fourth-order valence-electron chi connectivity index (χ4n) is 3.40. The molecule has 0 aliphatic rings. The number of aromatic nitrogens is 2. The van der Waals surface area contributed by atoms with Crippen molar-refractivity contribution in [2.45, 2.75) is 19.3 Å². The molecule has 152 valence electrons. The summed E-state index contributed by atoms with van der Waals surface area (Å²) in [4.78, 5) is 12.5. The molecule has 1 amide bonds. The van der Waals surface area contributed by atoms with Gasteiger partial charge in [-0.2, -0.15) is 13.2 Å². The van der Waals surface area contributed by atoms with E-state index in [0.29, 0.717) is 6.54 Å². The minimum atomic E-state index is -4.46. The summed E-state index contributed by atoms with van der Waals surface area (Å²) < 4.78 is 42.5. The van der Waals surface area contributed by atoms with Crippen molar-refractivity contribution in [2.75, 3.05) is 5.32 Å². The Hall–Kier alpha value is -3.61. The molecule has 1 N–H and O–H groups in total. The number of benzene rings is 3. The van der Waals surface area contributed by atoms with E-state index in [1.54, 1.807) is 4.57 Å². The molecule has 0 aliphatic heterocycles. The van der Waals surface area contributed by atoms with Crippen molar-refractivity contribution in [3.63, 3.8) is 0 Å². The molecular formula is C23H19F3N3O+. The first-order chi connectivity index (χ1) is 14.4. The number of halogens is 3. The highest BCUT2D eigenvalue weighted by Gasteiger charge is 2.30. The molecule has 4 rings (SSSR count). The van der Waals surface area contributed by atoms with Crippen molar-refractivity contribution in [3.05, 3.63) is 96.3 Å². The van der Waals surface area contributed by atoms with Crippen LogP contribution in [0, 0.1) is 0 Å². The maximum absolute atomic E-state index is 12.9. The molecule has 4 aromatic rings. The number of imidazole rings is 1. The van der Waals surface area contributed by atoms with Crippen molar-refractivity contribution in [1.29, 1.82) is 0 Å². The molecule has 0 bridgehead atoms. The molecule has 0 saturated heterocycles. The lowest BCUT2D eigenvalue weighted by Crippen LogP contribution is -2.33. The fraction of sp³-hybridized carbons (Fsp3) is 0.130. The van der Waals surface area contributed by atoms with Crippen LogP contribution in [0.5, 0.6) is 0 Å². The van der Waals surface area contributed by atoms with Gasteiger partial charge in [-0.3, -0.25) is 4.79 Å². The molecular weight excluding hydrogens is 391 g/mol. The molecule has 7 heteroatoms. The molecule has 0 radical (unpaired) electrons. The minimum Gasteiger partial charge on any atom is -0.323 e. The van der Waals surface area contributed by atoms with Gasteiger partial charge in [0.15, 0.2) is 17.6 Å². The van der Waals surface area contributed by atoms with Crippen LogP contribution >= 0.6 is 0 Å². The van der Waals surface area contributed by atoms with Crippen LogP contribution in [0.3, 0.4) is 0 Å². The van der Waals surface area contributed by atoms with Gasteiger partial charge in [-0.15, -0.1) is 0 Å². The molecule has 1 aromatic heterocycles. The van der Waals surface area contributed by atoms with Crippen LogP contribution in [-0.2, 0) is 24.1 Å². The van der Waals surface area contributed by atoms with Crippen molar-refractivity contribution in [1.82, 2.24) is 4.57 Å². The summed E-state index contributed by atoms with van der Waals surface area (Å²) in [6.45, 7) is 0.627. The summed E-state index contributed by atoms with van der Waals surface area (Å²) in [5.74, 6) is -0.401. The number of hydrogen-bond acceptors (Lipinski definition) is 1. The zero-order chi connectivity index (χ0) is 21.1. The predicted octanol–water partition coefficient (Wildman–Crippen LogP) is 4.63. The second kappa shape index (κ2) is 8.02. The van der Waals surface area contributed by atoms with Crippen LogP contribution in [-0.4, -0.2) is 10.5 Å². The number of carbonyl (C=O) groups is 1. The van der Waals surface area contributed by atoms with E-state index in [1.165, 1.54) is 12.1 Å². The van der Waals surface area contributed by atoms with Crippen molar-refractivity contribution < 1.29 is 22.5 Å². The standard InChI is InChI=1S/C23H18F3N3O/c24-23(25,26)18-9-6-10-19(13-18)27-22(30)15-29-16-28(14-17-7-2-1-3-8-17)20-11-4-5-12-21(20)29/h1-13,16H,14-15H2/p+1. The Balaban J connectivity index is 1.56. The quantitative estimate of drug-likeness (QED) is 0.479. The van der Waals surface area contributed by atoms with E-state index >= 15 is 0 Å². The summed E-state index contributed by atoms with van der Waals surface area (Å²) in [5, 5.41) is 2.56. The number of alkyl halides is 3. The summed E-state index contributed by atoms with van der Waals surface area (Å²) in [6, 6.07) is 22.3. The maximum Gasteiger partial charge on any atom is 0.416 e. The van der Waals surface area contributed by atoms with Crippen molar-refractivity contribution in [3.8, 4) is 0 Å².